The van der Waals surface area contributed by atoms with Gasteiger partial charge in [0.1, 0.15) is 0 Å². The molecule has 0 aliphatic rings. The van der Waals surface area contributed by atoms with Crippen LogP contribution in [0, 0.1) is 0 Å². The molecule has 2 nitrogen and oxygen atoms in total. The van der Waals surface area contributed by atoms with Crippen LogP contribution in [0.2, 0.25) is 5.02 Å². The molecule has 0 amide bonds. The minimum Gasteiger partial charge on any atom is -0.399 e. The topological polar surface area (TPSA) is 38.9 Å². The van der Waals surface area contributed by atoms with Crippen molar-refractivity contribution in [1.29, 1.82) is 0 Å². The Kier molecular flexibility index (Phi) is 4.31. The van der Waals surface area contributed by atoms with E-state index in [0.717, 1.165) is 31.5 Å². The smallest absolute Gasteiger partial charge is 0.0963 e. The molecule has 0 spiro atoms. The molecule has 1 aromatic carbocycles. The molecule has 0 aliphatic carbocycles. The van der Waals surface area contributed by atoms with Gasteiger partial charge >= 0.3 is 0 Å². The Morgan fingerprint density at radius 1 is 1.29 bits per heavy atom. The number of nitrogen functional groups attached to an aromatic ring is 1. The number of hydrogen-bond donors (Lipinski definition) is 1. The molecule has 0 unspecified atom stereocenters. The average Bonchev–Trinajstić information content (AvgIpc) is 2.32. The highest BCUT2D eigenvalue weighted by Gasteiger charge is 2.03. The van der Waals surface area contributed by atoms with Crippen molar-refractivity contribution in [2.75, 3.05) is 5.73 Å². The standard InChI is InChI=1S/C12H10BrClN2S/c13-9-1-4-12(16-6-9)17-7-8-5-10(15)2-3-11(8)14/h1-6H,7,15H2. The van der Waals surface area contributed by atoms with Gasteiger partial charge < -0.3 is 5.73 Å². The summed E-state index contributed by atoms with van der Waals surface area (Å²) < 4.78 is 0.976. The molecule has 0 radical (unpaired) electrons. The van der Waals surface area contributed by atoms with E-state index >= 15 is 0 Å². The Bertz CT molecular complexity index is 516. The van der Waals surface area contributed by atoms with E-state index in [1.54, 1.807) is 24.0 Å². The van der Waals surface area contributed by atoms with Crippen molar-refractivity contribution in [2.45, 2.75) is 10.8 Å². The normalized spacial score (nSPS) is 10.5. The number of thioether (sulfide) groups is 1. The van der Waals surface area contributed by atoms with Crippen molar-refractivity contribution in [3.63, 3.8) is 0 Å². The number of hydrogen-bond acceptors (Lipinski definition) is 3. The Morgan fingerprint density at radius 2 is 2.12 bits per heavy atom. The number of halogens is 2. The van der Waals surface area contributed by atoms with E-state index in [1.807, 2.05) is 24.3 Å². The third-order valence-electron chi connectivity index (χ3n) is 2.15. The summed E-state index contributed by atoms with van der Waals surface area (Å²) in [4.78, 5) is 4.29. The summed E-state index contributed by atoms with van der Waals surface area (Å²) in [5, 5.41) is 1.70. The summed E-state index contributed by atoms with van der Waals surface area (Å²) in [6, 6.07) is 9.45. The average molecular weight is 330 g/mol. The van der Waals surface area contributed by atoms with Crippen LogP contribution in [0.25, 0.3) is 0 Å². The van der Waals surface area contributed by atoms with Crippen LogP contribution in [0.4, 0.5) is 5.69 Å². The maximum absolute atomic E-state index is 6.09. The van der Waals surface area contributed by atoms with Gasteiger partial charge in [0.25, 0.3) is 0 Å². The van der Waals surface area contributed by atoms with Crippen LogP contribution in [0.1, 0.15) is 5.56 Å². The molecule has 17 heavy (non-hydrogen) atoms. The molecule has 2 aromatic rings. The van der Waals surface area contributed by atoms with Gasteiger partial charge in [-0.2, -0.15) is 0 Å². The first kappa shape index (κ1) is 12.7. The van der Waals surface area contributed by atoms with Crippen LogP contribution < -0.4 is 5.73 Å². The number of aromatic nitrogens is 1. The van der Waals surface area contributed by atoms with E-state index in [-0.39, 0.29) is 0 Å². The predicted molar refractivity (Wildman–Crippen MR) is 77.4 cm³/mol. The molecule has 0 saturated heterocycles. The number of nitrogens with zero attached hydrogens (tertiary/aromatic N) is 1. The van der Waals surface area contributed by atoms with E-state index in [4.69, 9.17) is 17.3 Å². The molecule has 88 valence electrons. The second-order valence-corrected chi connectivity index (χ2v) is 5.77. The Balaban J connectivity index is 2.07. The summed E-state index contributed by atoms with van der Waals surface area (Å²) in [5.41, 5.74) is 7.49. The fourth-order valence-corrected chi connectivity index (χ4v) is 2.64. The van der Waals surface area contributed by atoms with Crippen molar-refractivity contribution >= 4 is 45.0 Å². The van der Waals surface area contributed by atoms with Gasteiger partial charge in [0.05, 0.1) is 5.03 Å². The Hall–Kier alpha value is -0.710. The summed E-state index contributed by atoms with van der Waals surface area (Å²) in [6.07, 6.45) is 1.78. The zero-order valence-corrected chi connectivity index (χ0v) is 12.0. The molecule has 1 heterocycles. The summed E-state index contributed by atoms with van der Waals surface area (Å²) >= 11 is 11.1. The fourth-order valence-electron chi connectivity index (χ4n) is 1.30. The van der Waals surface area contributed by atoms with E-state index in [2.05, 4.69) is 20.9 Å². The maximum Gasteiger partial charge on any atom is 0.0963 e. The van der Waals surface area contributed by atoms with Gasteiger partial charge in [0, 0.05) is 27.1 Å². The Labute approximate surface area is 118 Å². The van der Waals surface area contributed by atoms with Crippen LogP contribution in [0.5, 0.6) is 0 Å². The van der Waals surface area contributed by atoms with Crippen LogP contribution in [0.15, 0.2) is 46.0 Å². The minimum absolute atomic E-state index is 0.730. The molecular weight excluding hydrogens is 320 g/mol. The van der Waals surface area contributed by atoms with E-state index < -0.39 is 0 Å². The van der Waals surface area contributed by atoms with Gasteiger partial charge in [-0.25, -0.2) is 4.98 Å². The van der Waals surface area contributed by atoms with Crippen molar-refractivity contribution < 1.29 is 0 Å². The fraction of sp³-hybridized carbons (Fsp3) is 0.0833. The van der Waals surface area contributed by atoms with Crippen molar-refractivity contribution in [1.82, 2.24) is 4.98 Å². The third kappa shape index (κ3) is 3.63. The minimum atomic E-state index is 0.730. The molecule has 0 atom stereocenters. The van der Waals surface area contributed by atoms with Gasteiger partial charge in [0.15, 0.2) is 0 Å². The Morgan fingerprint density at radius 3 is 2.82 bits per heavy atom. The van der Waals surface area contributed by atoms with Crippen molar-refractivity contribution in [2.24, 2.45) is 0 Å². The lowest BCUT2D eigenvalue weighted by Crippen LogP contribution is -1.89. The lowest BCUT2D eigenvalue weighted by atomic mass is 10.2. The van der Waals surface area contributed by atoms with Gasteiger partial charge in [-0.3, -0.25) is 0 Å². The van der Waals surface area contributed by atoms with Crippen LogP contribution in [-0.2, 0) is 5.75 Å². The summed E-state index contributed by atoms with van der Waals surface area (Å²) in [5.74, 6) is 0.762. The number of nitrogens with two attached hydrogens (primary N) is 1. The van der Waals surface area contributed by atoms with Gasteiger partial charge in [-0.05, 0) is 51.8 Å². The SMILES string of the molecule is Nc1ccc(Cl)c(CSc2ccc(Br)cn2)c1. The predicted octanol–water partition coefficient (Wildman–Crippen LogP) is 4.37. The maximum atomic E-state index is 6.09. The zero-order chi connectivity index (χ0) is 12.3. The van der Waals surface area contributed by atoms with Crippen LogP contribution >= 0.6 is 39.3 Å². The van der Waals surface area contributed by atoms with E-state index in [9.17, 15) is 0 Å². The first-order valence-corrected chi connectivity index (χ1v) is 7.09. The lowest BCUT2D eigenvalue weighted by Gasteiger charge is -2.05. The summed E-state index contributed by atoms with van der Waals surface area (Å²) in [7, 11) is 0. The largest absolute Gasteiger partial charge is 0.399 e. The summed E-state index contributed by atoms with van der Waals surface area (Å²) in [6.45, 7) is 0. The first-order chi connectivity index (χ1) is 8.15. The monoisotopic (exact) mass is 328 g/mol. The number of anilines is 1. The lowest BCUT2D eigenvalue weighted by molar-refractivity contribution is 1.12. The highest BCUT2D eigenvalue weighted by Crippen LogP contribution is 2.27. The molecule has 0 fully saturated rings. The molecule has 1 aromatic heterocycles. The highest BCUT2D eigenvalue weighted by atomic mass is 79.9. The van der Waals surface area contributed by atoms with Crippen molar-refractivity contribution in [3.05, 3.63) is 51.6 Å². The third-order valence-corrected chi connectivity index (χ3v) is 3.98. The van der Waals surface area contributed by atoms with Crippen molar-refractivity contribution in [3.8, 4) is 0 Å². The molecular formula is C12H10BrClN2S. The van der Waals surface area contributed by atoms with E-state index in [0.29, 0.717) is 0 Å². The number of pyridine rings is 1. The van der Waals surface area contributed by atoms with E-state index in [1.165, 1.54) is 0 Å². The molecule has 2 rings (SSSR count). The molecule has 2 N–H and O–H groups in total. The molecule has 0 bridgehead atoms. The zero-order valence-electron chi connectivity index (χ0n) is 8.86. The van der Waals surface area contributed by atoms with Crippen LogP contribution in [-0.4, -0.2) is 4.98 Å². The second kappa shape index (κ2) is 5.76. The second-order valence-electron chi connectivity index (χ2n) is 3.45. The highest BCUT2D eigenvalue weighted by molar-refractivity contribution is 9.10. The number of rotatable bonds is 3. The quantitative estimate of drug-likeness (QED) is 0.671. The van der Waals surface area contributed by atoms with Gasteiger partial charge in [-0.15, -0.1) is 11.8 Å². The first-order valence-electron chi connectivity index (χ1n) is 4.93. The molecule has 0 aliphatic heterocycles. The number of benzene rings is 1. The molecule has 0 saturated carbocycles. The molecule has 5 heteroatoms. The van der Waals surface area contributed by atoms with Crippen LogP contribution in [0.3, 0.4) is 0 Å². The van der Waals surface area contributed by atoms with Gasteiger partial charge in [-0.1, -0.05) is 11.6 Å². The van der Waals surface area contributed by atoms with Gasteiger partial charge in [0.2, 0.25) is 0 Å².